The number of rotatable bonds is 3. The molecule has 100 valence electrons. The fourth-order valence-electron chi connectivity index (χ4n) is 2.22. The lowest BCUT2D eigenvalue weighted by Gasteiger charge is -2.26. The third kappa shape index (κ3) is 2.33. The molecule has 1 saturated heterocycles. The van der Waals surface area contributed by atoms with Gasteiger partial charge >= 0.3 is 0 Å². The molecule has 0 radical (unpaired) electrons. The Bertz CT molecular complexity index is 632. The summed E-state index contributed by atoms with van der Waals surface area (Å²) in [4.78, 5) is 12.1. The molecule has 0 saturated carbocycles. The van der Waals surface area contributed by atoms with Crippen LogP contribution in [0, 0.1) is 12.8 Å². The Kier molecular flexibility index (Phi) is 3.21. The highest BCUT2D eigenvalue weighted by Gasteiger charge is 2.21. The fraction of sp³-hybridized carbons (Fsp3) is 0.357. The van der Waals surface area contributed by atoms with Crippen molar-refractivity contribution in [3.63, 3.8) is 0 Å². The van der Waals surface area contributed by atoms with Crippen LogP contribution in [0.3, 0.4) is 0 Å². The van der Waals surface area contributed by atoms with Gasteiger partial charge in [-0.15, -0.1) is 0 Å². The van der Waals surface area contributed by atoms with Gasteiger partial charge in [-0.3, -0.25) is 4.79 Å². The molecule has 19 heavy (non-hydrogen) atoms. The highest BCUT2D eigenvalue weighted by atomic mass is 35.5. The summed E-state index contributed by atoms with van der Waals surface area (Å²) in [5.41, 5.74) is 1.53. The maximum absolute atomic E-state index is 12.1. The molecule has 1 aromatic carbocycles. The Hall–Kier alpha value is -1.52. The van der Waals surface area contributed by atoms with Crippen molar-refractivity contribution in [3.8, 4) is 0 Å². The minimum atomic E-state index is -0.156. The van der Waals surface area contributed by atoms with Gasteiger partial charge in [0.15, 0.2) is 5.76 Å². The summed E-state index contributed by atoms with van der Waals surface area (Å²) in [6, 6.07) is 5.37. The standard InChI is InChI=1S/C14H15ClN2O2/c1-8-11-4-10(15)2-3-12(11)19-13(8)14(18)17-7-9-5-16-6-9/h2-4,9,16H,5-7H2,1H3,(H,17,18). The molecule has 1 fully saturated rings. The van der Waals surface area contributed by atoms with Gasteiger partial charge in [0.2, 0.25) is 0 Å². The number of aryl methyl sites for hydroxylation is 1. The van der Waals surface area contributed by atoms with E-state index in [4.69, 9.17) is 16.0 Å². The number of hydrogen-bond acceptors (Lipinski definition) is 3. The van der Waals surface area contributed by atoms with Gasteiger partial charge in [-0.25, -0.2) is 0 Å². The van der Waals surface area contributed by atoms with Crippen molar-refractivity contribution >= 4 is 28.5 Å². The monoisotopic (exact) mass is 278 g/mol. The molecule has 4 nitrogen and oxygen atoms in total. The Balaban J connectivity index is 1.83. The van der Waals surface area contributed by atoms with Crippen LogP contribution < -0.4 is 10.6 Å². The van der Waals surface area contributed by atoms with E-state index in [-0.39, 0.29) is 5.91 Å². The molecule has 1 amide bonds. The first-order chi connectivity index (χ1) is 9.15. The normalized spacial score (nSPS) is 15.5. The number of amides is 1. The zero-order chi connectivity index (χ0) is 13.4. The van der Waals surface area contributed by atoms with Crippen LogP contribution in [0.15, 0.2) is 22.6 Å². The largest absolute Gasteiger partial charge is 0.451 e. The van der Waals surface area contributed by atoms with Gasteiger partial charge < -0.3 is 15.1 Å². The third-order valence-corrected chi connectivity index (χ3v) is 3.76. The quantitative estimate of drug-likeness (QED) is 0.906. The summed E-state index contributed by atoms with van der Waals surface area (Å²) in [5, 5.41) is 7.62. The van der Waals surface area contributed by atoms with Crippen molar-refractivity contribution in [1.29, 1.82) is 0 Å². The number of nitrogens with one attached hydrogen (secondary N) is 2. The second kappa shape index (κ2) is 4.87. The molecule has 2 N–H and O–H groups in total. The van der Waals surface area contributed by atoms with Crippen molar-refractivity contribution < 1.29 is 9.21 Å². The molecule has 5 heteroatoms. The molecule has 2 aromatic rings. The maximum atomic E-state index is 12.1. The Morgan fingerprint density at radius 1 is 1.53 bits per heavy atom. The van der Waals surface area contributed by atoms with Crippen LogP contribution in [0.2, 0.25) is 5.02 Å². The molecule has 0 aliphatic carbocycles. The second-order valence-electron chi connectivity index (χ2n) is 4.93. The summed E-state index contributed by atoms with van der Waals surface area (Å²) < 4.78 is 5.61. The van der Waals surface area contributed by atoms with Crippen LogP contribution in [0.1, 0.15) is 16.1 Å². The molecule has 2 heterocycles. The van der Waals surface area contributed by atoms with Crippen molar-refractivity contribution in [1.82, 2.24) is 10.6 Å². The van der Waals surface area contributed by atoms with Crippen LogP contribution >= 0.6 is 11.6 Å². The van der Waals surface area contributed by atoms with Gasteiger partial charge in [-0.2, -0.15) is 0 Å². The topological polar surface area (TPSA) is 54.3 Å². The van der Waals surface area contributed by atoms with Gasteiger partial charge in [0.25, 0.3) is 5.91 Å². The SMILES string of the molecule is Cc1c(C(=O)NCC2CNC2)oc2ccc(Cl)cc12. The van der Waals surface area contributed by atoms with Crippen molar-refractivity contribution in [2.45, 2.75) is 6.92 Å². The summed E-state index contributed by atoms with van der Waals surface area (Å²) in [5.74, 6) is 0.754. The number of benzene rings is 1. The summed E-state index contributed by atoms with van der Waals surface area (Å²) in [6.45, 7) is 4.50. The zero-order valence-electron chi connectivity index (χ0n) is 10.6. The number of furan rings is 1. The number of halogens is 1. The fourth-order valence-corrected chi connectivity index (χ4v) is 2.39. The van der Waals surface area contributed by atoms with Gasteiger partial charge in [0, 0.05) is 41.5 Å². The third-order valence-electron chi connectivity index (χ3n) is 3.52. The molecule has 1 aromatic heterocycles. The molecule has 0 atom stereocenters. The van der Waals surface area contributed by atoms with Crippen molar-refractivity contribution in [2.75, 3.05) is 19.6 Å². The molecule has 3 rings (SSSR count). The van der Waals surface area contributed by atoms with E-state index in [9.17, 15) is 4.79 Å². The lowest BCUT2D eigenvalue weighted by molar-refractivity contribution is 0.0915. The minimum absolute atomic E-state index is 0.156. The molecular weight excluding hydrogens is 264 g/mol. The van der Waals surface area contributed by atoms with Crippen LogP contribution in [0.5, 0.6) is 0 Å². The predicted molar refractivity (Wildman–Crippen MR) is 74.7 cm³/mol. The molecule has 1 aliphatic rings. The summed E-state index contributed by atoms with van der Waals surface area (Å²) in [6.07, 6.45) is 0. The van der Waals surface area contributed by atoms with E-state index in [0.29, 0.717) is 28.8 Å². The minimum Gasteiger partial charge on any atom is -0.451 e. The van der Waals surface area contributed by atoms with Crippen LogP contribution in [0.4, 0.5) is 0 Å². The molecule has 0 bridgehead atoms. The average Bonchev–Trinajstić information content (AvgIpc) is 2.65. The number of carbonyl (C=O) groups excluding carboxylic acids is 1. The second-order valence-corrected chi connectivity index (χ2v) is 5.37. The lowest BCUT2D eigenvalue weighted by atomic mass is 10.0. The van der Waals surface area contributed by atoms with Crippen LogP contribution in [0.25, 0.3) is 11.0 Å². The highest BCUT2D eigenvalue weighted by Crippen LogP contribution is 2.27. The van der Waals surface area contributed by atoms with E-state index >= 15 is 0 Å². The van der Waals surface area contributed by atoms with Crippen LogP contribution in [-0.4, -0.2) is 25.5 Å². The van der Waals surface area contributed by atoms with Gasteiger partial charge in [0.05, 0.1) is 0 Å². The first kappa shape index (κ1) is 12.5. The van der Waals surface area contributed by atoms with Crippen molar-refractivity contribution in [2.24, 2.45) is 5.92 Å². The van der Waals surface area contributed by atoms with Crippen molar-refractivity contribution in [3.05, 3.63) is 34.5 Å². The Morgan fingerprint density at radius 2 is 2.32 bits per heavy atom. The van der Waals surface area contributed by atoms with Gasteiger partial charge in [-0.05, 0) is 25.1 Å². The van der Waals surface area contributed by atoms with E-state index in [0.717, 1.165) is 24.0 Å². The highest BCUT2D eigenvalue weighted by molar-refractivity contribution is 6.31. The first-order valence-corrected chi connectivity index (χ1v) is 6.70. The smallest absolute Gasteiger partial charge is 0.287 e. The zero-order valence-corrected chi connectivity index (χ0v) is 11.4. The molecule has 0 spiro atoms. The Labute approximate surface area is 116 Å². The average molecular weight is 279 g/mol. The van der Waals surface area contributed by atoms with E-state index in [1.165, 1.54) is 0 Å². The molecular formula is C14H15ClN2O2. The Morgan fingerprint density at radius 3 is 3.00 bits per heavy atom. The maximum Gasteiger partial charge on any atom is 0.287 e. The molecule has 1 aliphatic heterocycles. The van der Waals surface area contributed by atoms with E-state index in [1.807, 2.05) is 13.0 Å². The first-order valence-electron chi connectivity index (χ1n) is 6.32. The van der Waals surface area contributed by atoms with Crippen LogP contribution in [-0.2, 0) is 0 Å². The lowest BCUT2D eigenvalue weighted by Crippen LogP contribution is -2.48. The summed E-state index contributed by atoms with van der Waals surface area (Å²) >= 11 is 5.96. The van der Waals surface area contributed by atoms with E-state index < -0.39 is 0 Å². The number of carbonyl (C=O) groups is 1. The summed E-state index contributed by atoms with van der Waals surface area (Å²) in [7, 11) is 0. The number of hydrogen-bond donors (Lipinski definition) is 2. The van der Waals surface area contributed by atoms with Gasteiger partial charge in [-0.1, -0.05) is 11.6 Å². The van der Waals surface area contributed by atoms with E-state index in [1.54, 1.807) is 12.1 Å². The molecule has 0 unspecified atom stereocenters. The number of fused-ring (bicyclic) bond motifs is 1. The van der Waals surface area contributed by atoms with Gasteiger partial charge in [0.1, 0.15) is 5.58 Å². The van der Waals surface area contributed by atoms with E-state index in [2.05, 4.69) is 10.6 Å². The predicted octanol–water partition coefficient (Wildman–Crippen LogP) is 2.34.